The molecule has 1 aliphatic rings. The van der Waals surface area contributed by atoms with Gasteiger partial charge >= 0.3 is 0 Å². The van der Waals surface area contributed by atoms with Crippen LogP contribution in [0.3, 0.4) is 0 Å². The van der Waals surface area contributed by atoms with Crippen LogP contribution < -0.4 is 10.6 Å². The van der Waals surface area contributed by atoms with E-state index in [1.54, 1.807) is 11.3 Å². The molecule has 3 rings (SSSR count). The molecule has 0 saturated carbocycles. The molecule has 0 radical (unpaired) electrons. The van der Waals surface area contributed by atoms with Crippen molar-refractivity contribution >= 4 is 39.7 Å². The molecule has 1 saturated heterocycles. The monoisotopic (exact) mass is 296 g/mol. The van der Waals surface area contributed by atoms with Crippen LogP contribution in [0.5, 0.6) is 0 Å². The van der Waals surface area contributed by atoms with Crippen molar-refractivity contribution in [2.45, 2.75) is 18.9 Å². The number of thiophene rings is 1. The zero-order valence-electron chi connectivity index (χ0n) is 10.5. The van der Waals surface area contributed by atoms with Crippen LogP contribution in [-0.2, 0) is 0 Å². The first-order chi connectivity index (χ1) is 8.84. The average Bonchev–Trinajstić information content (AvgIpc) is 2.84. The number of amides is 1. The molecular formula is C14H17ClN2OS. The average molecular weight is 297 g/mol. The SMILES string of the molecule is Cl.O=C(N[C@@H]1CCCNC1)c1csc2ccccc12. The molecule has 1 atom stereocenters. The fourth-order valence-electron chi connectivity index (χ4n) is 2.39. The van der Waals surface area contributed by atoms with Gasteiger partial charge in [0.1, 0.15) is 0 Å². The van der Waals surface area contributed by atoms with Gasteiger partial charge in [0.2, 0.25) is 0 Å². The largest absolute Gasteiger partial charge is 0.348 e. The molecule has 3 nitrogen and oxygen atoms in total. The summed E-state index contributed by atoms with van der Waals surface area (Å²) in [4.78, 5) is 12.3. The second-order valence-electron chi connectivity index (χ2n) is 4.66. The van der Waals surface area contributed by atoms with Crippen molar-refractivity contribution in [3.05, 3.63) is 35.2 Å². The summed E-state index contributed by atoms with van der Waals surface area (Å²) >= 11 is 1.63. The molecule has 1 aromatic heterocycles. The highest BCUT2D eigenvalue weighted by atomic mass is 35.5. The van der Waals surface area contributed by atoms with E-state index in [2.05, 4.69) is 16.7 Å². The lowest BCUT2D eigenvalue weighted by Crippen LogP contribution is -2.45. The highest BCUT2D eigenvalue weighted by Crippen LogP contribution is 2.25. The summed E-state index contributed by atoms with van der Waals surface area (Å²) in [6, 6.07) is 8.32. The van der Waals surface area contributed by atoms with Crippen molar-refractivity contribution in [2.24, 2.45) is 0 Å². The molecule has 2 heterocycles. The van der Waals surface area contributed by atoms with E-state index in [9.17, 15) is 4.79 Å². The Labute approximate surface area is 122 Å². The highest BCUT2D eigenvalue weighted by molar-refractivity contribution is 7.17. The first kappa shape index (κ1) is 14.3. The van der Waals surface area contributed by atoms with E-state index in [4.69, 9.17) is 0 Å². The number of fused-ring (bicyclic) bond motifs is 1. The summed E-state index contributed by atoms with van der Waals surface area (Å²) in [5.74, 6) is 0.0566. The van der Waals surface area contributed by atoms with E-state index in [1.165, 1.54) is 4.70 Å². The van der Waals surface area contributed by atoms with E-state index in [-0.39, 0.29) is 24.4 Å². The summed E-state index contributed by atoms with van der Waals surface area (Å²) < 4.78 is 1.17. The number of rotatable bonds is 2. The number of benzene rings is 1. The van der Waals surface area contributed by atoms with Crippen molar-refractivity contribution < 1.29 is 4.79 Å². The third-order valence-corrected chi connectivity index (χ3v) is 4.32. The van der Waals surface area contributed by atoms with Gasteiger partial charge in [-0.05, 0) is 25.5 Å². The van der Waals surface area contributed by atoms with Gasteiger partial charge in [0.15, 0.2) is 0 Å². The number of carbonyl (C=O) groups is 1. The summed E-state index contributed by atoms with van der Waals surface area (Å²) in [6.07, 6.45) is 2.20. The maximum absolute atomic E-state index is 12.3. The van der Waals surface area contributed by atoms with Gasteiger partial charge in [0.25, 0.3) is 5.91 Å². The molecule has 5 heteroatoms. The van der Waals surface area contributed by atoms with Crippen molar-refractivity contribution in [1.82, 2.24) is 10.6 Å². The van der Waals surface area contributed by atoms with Gasteiger partial charge < -0.3 is 10.6 Å². The lowest BCUT2D eigenvalue weighted by molar-refractivity contribution is 0.0933. The Hall–Kier alpha value is -1.10. The molecule has 19 heavy (non-hydrogen) atoms. The predicted octanol–water partition coefficient (Wildman–Crippen LogP) is 2.80. The second kappa shape index (κ2) is 6.37. The third kappa shape index (κ3) is 3.08. The number of piperidine rings is 1. The lowest BCUT2D eigenvalue weighted by atomic mass is 10.1. The summed E-state index contributed by atoms with van der Waals surface area (Å²) in [5.41, 5.74) is 0.807. The van der Waals surface area contributed by atoms with Crippen LogP contribution >= 0.6 is 23.7 Å². The predicted molar refractivity (Wildman–Crippen MR) is 82.4 cm³/mol. The molecule has 0 bridgehead atoms. The van der Waals surface area contributed by atoms with Gasteiger partial charge in [0, 0.05) is 28.1 Å². The van der Waals surface area contributed by atoms with Gasteiger partial charge in [0.05, 0.1) is 5.56 Å². The van der Waals surface area contributed by atoms with E-state index < -0.39 is 0 Å². The van der Waals surface area contributed by atoms with E-state index >= 15 is 0 Å². The van der Waals surface area contributed by atoms with Crippen LogP contribution in [0.4, 0.5) is 0 Å². The summed E-state index contributed by atoms with van der Waals surface area (Å²) in [5, 5.41) is 9.44. The molecule has 0 spiro atoms. The van der Waals surface area contributed by atoms with Gasteiger partial charge in [-0.15, -0.1) is 23.7 Å². The van der Waals surface area contributed by atoms with Crippen molar-refractivity contribution in [1.29, 1.82) is 0 Å². The Balaban J connectivity index is 0.00000133. The normalized spacial score (nSPS) is 18.8. The van der Waals surface area contributed by atoms with Gasteiger partial charge in [-0.3, -0.25) is 4.79 Å². The number of hydrogen-bond donors (Lipinski definition) is 2. The van der Waals surface area contributed by atoms with Gasteiger partial charge in [-0.1, -0.05) is 18.2 Å². The maximum Gasteiger partial charge on any atom is 0.253 e. The van der Waals surface area contributed by atoms with Crippen LogP contribution in [0.1, 0.15) is 23.2 Å². The maximum atomic E-state index is 12.3. The third-order valence-electron chi connectivity index (χ3n) is 3.36. The minimum Gasteiger partial charge on any atom is -0.348 e. The highest BCUT2D eigenvalue weighted by Gasteiger charge is 2.18. The first-order valence-corrected chi connectivity index (χ1v) is 7.20. The number of carbonyl (C=O) groups excluding carboxylic acids is 1. The summed E-state index contributed by atoms with van der Waals surface area (Å²) in [6.45, 7) is 1.95. The molecule has 1 amide bonds. The molecule has 0 unspecified atom stereocenters. The minimum atomic E-state index is 0. The molecule has 102 valence electrons. The quantitative estimate of drug-likeness (QED) is 0.895. The van der Waals surface area contributed by atoms with Crippen molar-refractivity contribution in [3.63, 3.8) is 0 Å². The smallest absolute Gasteiger partial charge is 0.253 e. The first-order valence-electron chi connectivity index (χ1n) is 6.32. The Kier molecular flexibility index (Phi) is 4.80. The molecule has 1 fully saturated rings. The number of hydrogen-bond acceptors (Lipinski definition) is 3. The van der Waals surface area contributed by atoms with Gasteiger partial charge in [-0.25, -0.2) is 0 Å². The summed E-state index contributed by atoms with van der Waals surface area (Å²) in [7, 11) is 0. The number of halogens is 1. The van der Waals surface area contributed by atoms with Crippen LogP contribution in [0, 0.1) is 0 Å². The van der Waals surface area contributed by atoms with Crippen molar-refractivity contribution in [3.8, 4) is 0 Å². The van der Waals surface area contributed by atoms with Crippen LogP contribution in [0.2, 0.25) is 0 Å². The standard InChI is InChI=1S/C14H16N2OS.ClH/c17-14(16-10-4-3-7-15-8-10)12-9-18-13-6-2-1-5-11(12)13;/h1-2,5-6,9-10,15H,3-4,7-8H2,(H,16,17);1H/t10-;/m1./s1. The Morgan fingerprint density at radius 3 is 3.00 bits per heavy atom. The van der Waals surface area contributed by atoms with Crippen LogP contribution in [-0.4, -0.2) is 25.0 Å². The molecule has 0 aliphatic carbocycles. The van der Waals surface area contributed by atoms with Gasteiger partial charge in [-0.2, -0.15) is 0 Å². The molecule has 1 aromatic carbocycles. The van der Waals surface area contributed by atoms with E-state index in [0.717, 1.165) is 36.9 Å². The van der Waals surface area contributed by atoms with E-state index in [1.807, 2.05) is 23.6 Å². The zero-order chi connectivity index (χ0) is 12.4. The topological polar surface area (TPSA) is 41.1 Å². The molecule has 2 aromatic rings. The van der Waals surface area contributed by atoms with Crippen molar-refractivity contribution in [2.75, 3.05) is 13.1 Å². The zero-order valence-corrected chi connectivity index (χ0v) is 12.2. The van der Waals surface area contributed by atoms with Crippen LogP contribution in [0.15, 0.2) is 29.6 Å². The molecular weight excluding hydrogens is 280 g/mol. The second-order valence-corrected chi connectivity index (χ2v) is 5.57. The van der Waals surface area contributed by atoms with E-state index in [0.29, 0.717) is 0 Å². The molecule has 1 aliphatic heterocycles. The Morgan fingerprint density at radius 1 is 1.37 bits per heavy atom. The van der Waals surface area contributed by atoms with Crippen LogP contribution in [0.25, 0.3) is 10.1 Å². The lowest BCUT2D eigenvalue weighted by Gasteiger charge is -2.23. The fourth-order valence-corrected chi connectivity index (χ4v) is 3.33. The minimum absolute atomic E-state index is 0. The molecule has 2 N–H and O–H groups in total. The Morgan fingerprint density at radius 2 is 2.21 bits per heavy atom. The fraction of sp³-hybridized carbons (Fsp3) is 0.357. The number of nitrogens with one attached hydrogen (secondary N) is 2. The Bertz CT molecular complexity index is 563.